The van der Waals surface area contributed by atoms with Crippen LogP contribution >= 0.6 is 11.3 Å². The van der Waals surface area contributed by atoms with Gasteiger partial charge in [-0.15, -0.1) is 11.3 Å². The molecule has 22 heavy (non-hydrogen) atoms. The molecule has 1 aromatic heterocycles. The highest BCUT2D eigenvalue weighted by atomic mass is 32.1. The molecule has 1 aliphatic rings. The van der Waals surface area contributed by atoms with Gasteiger partial charge in [-0.3, -0.25) is 9.59 Å². The van der Waals surface area contributed by atoms with Gasteiger partial charge in [0, 0.05) is 24.9 Å². The monoisotopic (exact) mass is 322 g/mol. The van der Waals surface area contributed by atoms with Gasteiger partial charge in [0.2, 0.25) is 5.91 Å². The molecule has 1 aromatic rings. The lowest BCUT2D eigenvalue weighted by Gasteiger charge is -2.43. The van der Waals surface area contributed by atoms with Crippen molar-refractivity contribution in [1.29, 1.82) is 0 Å². The van der Waals surface area contributed by atoms with E-state index >= 15 is 0 Å². The summed E-state index contributed by atoms with van der Waals surface area (Å²) in [6.07, 6.45) is 6.58. The molecule has 0 aliphatic heterocycles. The standard InChI is InChI=1S/C17H26N2O2S/c1-19(2)17(10-4-3-5-11-17)13-18-16(21)9-8-14(20)15-7-6-12-22-15/h6-7,12H,3-5,8-11,13H2,1-2H3,(H,18,21). The number of amides is 1. The third-order valence-electron chi connectivity index (χ3n) is 4.72. The number of Topliss-reactive ketones (excluding diaryl/α,β-unsaturated/α-hetero) is 1. The van der Waals surface area contributed by atoms with Crippen LogP contribution in [0.5, 0.6) is 0 Å². The minimum atomic E-state index is -0.0169. The highest BCUT2D eigenvalue weighted by molar-refractivity contribution is 7.12. The molecule has 0 aromatic carbocycles. The van der Waals surface area contributed by atoms with Crippen LogP contribution in [0.1, 0.15) is 54.6 Å². The van der Waals surface area contributed by atoms with Gasteiger partial charge in [-0.25, -0.2) is 0 Å². The third kappa shape index (κ3) is 4.40. The first-order valence-corrected chi connectivity index (χ1v) is 8.92. The highest BCUT2D eigenvalue weighted by Gasteiger charge is 2.34. The van der Waals surface area contributed by atoms with E-state index in [2.05, 4.69) is 24.3 Å². The second kappa shape index (κ2) is 7.88. The SMILES string of the molecule is CN(C)C1(CNC(=O)CCC(=O)c2cccs2)CCCCC1. The lowest BCUT2D eigenvalue weighted by Crippen LogP contribution is -2.53. The van der Waals surface area contributed by atoms with Crippen molar-refractivity contribution in [3.05, 3.63) is 22.4 Å². The first kappa shape index (κ1) is 17.2. The molecule has 122 valence electrons. The van der Waals surface area contributed by atoms with E-state index in [1.807, 2.05) is 17.5 Å². The average molecular weight is 322 g/mol. The number of carbonyl (C=O) groups is 2. The van der Waals surface area contributed by atoms with Crippen LogP contribution in [-0.2, 0) is 4.79 Å². The number of carbonyl (C=O) groups excluding carboxylic acids is 2. The molecular formula is C17H26N2O2S. The lowest BCUT2D eigenvalue weighted by atomic mass is 9.80. The van der Waals surface area contributed by atoms with Crippen molar-refractivity contribution < 1.29 is 9.59 Å². The number of ketones is 1. The Hall–Kier alpha value is -1.20. The zero-order valence-corrected chi connectivity index (χ0v) is 14.4. The second-order valence-corrected chi connectivity index (χ2v) is 7.30. The Kier molecular flexibility index (Phi) is 6.15. The Labute approximate surface area is 136 Å². The molecule has 0 radical (unpaired) electrons. The van der Waals surface area contributed by atoms with Gasteiger partial charge in [-0.1, -0.05) is 25.3 Å². The summed E-state index contributed by atoms with van der Waals surface area (Å²) in [6, 6.07) is 3.68. The zero-order valence-electron chi connectivity index (χ0n) is 13.6. The van der Waals surface area contributed by atoms with Crippen molar-refractivity contribution in [3.8, 4) is 0 Å². The lowest BCUT2D eigenvalue weighted by molar-refractivity contribution is -0.121. The van der Waals surface area contributed by atoms with Gasteiger partial charge in [-0.05, 0) is 38.4 Å². The summed E-state index contributed by atoms with van der Waals surface area (Å²) in [5, 5.41) is 4.93. The van der Waals surface area contributed by atoms with E-state index in [4.69, 9.17) is 0 Å². The number of hydrogen-bond acceptors (Lipinski definition) is 4. The molecule has 1 aliphatic carbocycles. The molecule has 1 fully saturated rings. The normalized spacial score (nSPS) is 17.4. The quantitative estimate of drug-likeness (QED) is 0.785. The third-order valence-corrected chi connectivity index (χ3v) is 5.63. The second-order valence-electron chi connectivity index (χ2n) is 6.36. The molecule has 1 N–H and O–H groups in total. The molecule has 4 nitrogen and oxygen atoms in total. The van der Waals surface area contributed by atoms with Gasteiger partial charge in [0.1, 0.15) is 0 Å². The maximum Gasteiger partial charge on any atom is 0.220 e. The molecule has 0 atom stereocenters. The van der Waals surface area contributed by atoms with Gasteiger partial charge < -0.3 is 10.2 Å². The van der Waals surface area contributed by atoms with Gasteiger partial charge >= 0.3 is 0 Å². The van der Waals surface area contributed by atoms with Crippen LogP contribution in [0.25, 0.3) is 0 Å². The topological polar surface area (TPSA) is 49.4 Å². The molecule has 0 saturated heterocycles. The van der Waals surface area contributed by atoms with Crippen LogP contribution in [0.15, 0.2) is 17.5 Å². The van der Waals surface area contributed by atoms with Crippen LogP contribution in [0.3, 0.4) is 0 Å². The van der Waals surface area contributed by atoms with Crippen LogP contribution in [0.4, 0.5) is 0 Å². The largest absolute Gasteiger partial charge is 0.354 e. The van der Waals surface area contributed by atoms with Gasteiger partial charge in [0.25, 0.3) is 0 Å². The van der Waals surface area contributed by atoms with Crippen LogP contribution in [0.2, 0.25) is 0 Å². The van der Waals surface area contributed by atoms with E-state index in [9.17, 15) is 9.59 Å². The molecule has 1 heterocycles. The summed E-state index contributed by atoms with van der Waals surface area (Å²) in [5.74, 6) is 0.0434. The summed E-state index contributed by atoms with van der Waals surface area (Å²) in [7, 11) is 4.19. The van der Waals surface area contributed by atoms with Gasteiger partial charge in [0.15, 0.2) is 5.78 Å². The minimum Gasteiger partial charge on any atom is -0.354 e. The van der Waals surface area contributed by atoms with Crippen molar-refractivity contribution in [2.75, 3.05) is 20.6 Å². The average Bonchev–Trinajstić information content (AvgIpc) is 3.06. The smallest absolute Gasteiger partial charge is 0.220 e. The van der Waals surface area contributed by atoms with E-state index in [0.717, 1.165) is 17.7 Å². The first-order valence-electron chi connectivity index (χ1n) is 8.04. The highest BCUT2D eigenvalue weighted by Crippen LogP contribution is 2.31. The number of nitrogens with one attached hydrogen (secondary N) is 1. The maximum atomic E-state index is 12.0. The van der Waals surface area contributed by atoms with Crippen molar-refractivity contribution in [2.24, 2.45) is 0 Å². The summed E-state index contributed by atoms with van der Waals surface area (Å²) < 4.78 is 0. The number of thiophene rings is 1. The number of nitrogens with zero attached hydrogens (tertiary/aromatic N) is 1. The fraction of sp³-hybridized carbons (Fsp3) is 0.647. The number of hydrogen-bond donors (Lipinski definition) is 1. The number of rotatable bonds is 7. The molecular weight excluding hydrogens is 296 g/mol. The van der Waals surface area contributed by atoms with Crippen LogP contribution in [-0.4, -0.2) is 42.8 Å². The Morgan fingerprint density at radius 1 is 1.23 bits per heavy atom. The molecule has 1 saturated carbocycles. The first-order chi connectivity index (χ1) is 10.5. The molecule has 1 amide bonds. The van der Waals surface area contributed by atoms with Gasteiger partial charge in [0.05, 0.1) is 4.88 Å². The Morgan fingerprint density at radius 2 is 1.95 bits per heavy atom. The summed E-state index contributed by atoms with van der Waals surface area (Å²) in [5.41, 5.74) is 0.0890. The number of likely N-dealkylation sites (N-methyl/N-ethyl adjacent to an activating group) is 1. The van der Waals surface area contributed by atoms with E-state index in [1.165, 1.54) is 30.6 Å². The van der Waals surface area contributed by atoms with E-state index < -0.39 is 0 Å². The Balaban J connectivity index is 1.78. The summed E-state index contributed by atoms with van der Waals surface area (Å²) >= 11 is 1.43. The van der Waals surface area contributed by atoms with Crippen LogP contribution in [0, 0.1) is 0 Å². The summed E-state index contributed by atoms with van der Waals surface area (Å²) in [4.78, 5) is 26.9. The fourth-order valence-electron chi connectivity index (χ4n) is 3.13. The van der Waals surface area contributed by atoms with E-state index in [0.29, 0.717) is 13.0 Å². The molecule has 0 bridgehead atoms. The molecule has 5 heteroatoms. The van der Waals surface area contributed by atoms with Crippen molar-refractivity contribution in [3.63, 3.8) is 0 Å². The zero-order chi connectivity index (χ0) is 16.0. The predicted octanol–water partition coefficient (Wildman–Crippen LogP) is 3.09. The molecule has 0 unspecified atom stereocenters. The molecule has 0 spiro atoms. The predicted molar refractivity (Wildman–Crippen MR) is 90.4 cm³/mol. The van der Waals surface area contributed by atoms with Crippen molar-refractivity contribution in [1.82, 2.24) is 10.2 Å². The molecule has 2 rings (SSSR count). The summed E-state index contributed by atoms with van der Waals surface area (Å²) in [6.45, 7) is 0.687. The van der Waals surface area contributed by atoms with Crippen LogP contribution < -0.4 is 5.32 Å². The maximum absolute atomic E-state index is 12.0. The van der Waals surface area contributed by atoms with Crippen molar-refractivity contribution in [2.45, 2.75) is 50.5 Å². The van der Waals surface area contributed by atoms with E-state index in [-0.39, 0.29) is 23.7 Å². The van der Waals surface area contributed by atoms with Gasteiger partial charge in [-0.2, -0.15) is 0 Å². The van der Waals surface area contributed by atoms with E-state index in [1.54, 1.807) is 0 Å². The van der Waals surface area contributed by atoms with Crippen molar-refractivity contribution >= 4 is 23.0 Å². The Bertz CT molecular complexity index is 491. The minimum absolute atomic E-state index is 0.0169. The fourth-order valence-corrected chi connectivity index (χ4v) is 3.83. The Morgan fingerprint density at radius 3 is 2.55 bits per heavy atom.